The Balaban J connectivity index is -0.000000490. The van der Waals surface area contributed by atoms with Crippen LogP contribution >= 0.6 is 0 Å². The van der Waals surface area contributed by atoms with Gasteiger partial charge in [-0.15, -0.1) is 0 Å². The summed E-state index contributed by atoms with van der Waals surface area (Å²) in [6, 6.07) is 17.2. The van der Waals surface area contributed by atoms with Crippen LogP contribution in [0.1, 0.15) is 2.85 Å². The number of hydrogen-bond acceptors (Lipinski definition) is 1. The summed E-state index contributed by atoms with van der Waals surface area (Å²) >= 11 is 0. The second-order valence-corrected chi connectivity index (χ2v) is 2.88. The maximum Gasteiger partial charge on any atom is 1.00 e. The Bertz CT molecular complexity index is 410. The minimum atomic E-state index is 0. The Kier molecular flexibility index (Phi) is 9.45. The average Bonchev–Trinajstić information content (AvgIpc) is 2.20. The van der Waals surface area contributed by atoms with Gasteiger partial charge in [0.15, 0.2) is 0 Å². The fourth-order valence-electron chi connectivity index (χ4n) is 1.34. The Morgan fingerprint density at radius 1 is 0.733 bits per heavy atom. The largest absolute Gasteiger partial charge is 1.00 e. The van der Waals surface area contributed by atoms with Crippen LogP contribution in [0.3, 0.4) is 0 Å². The maximum absolute atomic E-state index is 9.56. The fraction of sp³-hybridized carbons (Fsp3) is 0. The third-order valence-electron chi connectivity index (χ3n) is 1.99. The van der Waals surface area contributed by atoms with Crippen LogP contribution in [0.5, 0.6) is 5.75 Å². The molecular formula is C12H12K2O. The summed E-state index contributed by atoms with van der Waals surface area (Å²) in [5.41, 5.74) is 1.92. The van der Waals surface area contributed by atoms with Gasteiger partial charge in [-0.1, -0.05) is 48.5 Å². The quantitative estimate of drug-likeness (QED) is 0.546. The summed E-state index contributed by atoms with van der Waals surface area (Å²) in [5, 5.41) is 9.56. The zero-order valence-electron chi connectivity index (χ0n) is 11.1. The van der Waals surface area contributed by atoms with Crippen LogP contribution in [0.4, 0.5) is 0 Å². The van der Waals surface area contributed by atoms with E-state index in [2.05, 4.69) is 0 Å². The minimum Gasteiger partial charge on any atom is -1.00 e. The SMILES string of the molecule is Oc1ccccc1-c1ccccc1.[H-].[H-].[K+].[K+]. The van der Waals surface area contributed by atoms with Crippen LogP contribution in [-0.4, -0.2) is 5.11 Å². The topological polar surface area (TPSA) is 20.2 Å². The molecule has 2 aromatic rings. The van der Waals surface area contributed by atoms with Gasteiger partial charge in [-0.05, 0) is 11.6 Å². The maximum atomic E-state index is 9.56. The van der Waals surface area contributed by atoms with Crippen molar-refractivity contribution in [2.75, 3.05) is 0 Å². The molecule has 2 aromatic carbocycles. The predicted octanol–water partition coefficient (Wildman–Crippen LogP) is -2.71. The van der Waals surface area contributed by atoms with Crippen molar-refractivity contribution in [3.8, 4) is 16.9 Å². The summed E-state index contributed by atoms with van der Waals surface area (Å²) in [7, 11) is 0. The Labute approximate surface area is 178 Å². The number of benzene rings is 2. The van der Waals surface area contributed by atoms with E-state index >= 15 is 0 Å². The van der Waals surface area contributed by atoms with Crippen molar-refractivity contribution >= 4 is 0 Å². The molecule has 68 valence electrons. The van der Waals surface area contributed by atoms with E-state index in [9.17, 15) is 5.11 Å². The van der Waals surface area contributed by atoms with E-state index in [0.29, 0.717) is 5.75 Å². The molecule has 0 amide bonds. The normalized spacial score (nSPS) is 8.53. The average molecular weight is 250 g/mol. The number of rotatable bonds is 1. The summed E-state index contributed by atoms with van der Waals surface area (Å²) in [6.07, 6.45) is 0. The van der Waals surface area contributed by atoms with E-state index in [-0.39, 0.29) is 106 Å². The van der Waals surface area contributed by atoms with Crippen LogP contribution < -0.4 is 103 Å². The number of phenolic OH excluding ortho intramolecular Hbond substituents is 1. The molecule has 0 aromatic heterocycles. The van der Waals surface area contributed by atoms with Crippen molar-refractivity contribution in [1.82, 2.24) is 0 Å². The standard InChI is InChI=1S/C12H10O.2K.2H/c13-12-9-5-4-8-11(12)10-6-2-1-3-7-10;;;;/h1-9,13H;;;;/q;2*+1;2*-1. The number of hydrogen-bond donors (Lipinski definition) is 1. The molecule has 0 fully saturated rings. The van der Waals surface area contributed by atoms with E-state index in [1.807, 2.05) is 48.5 Å². The summed E-state index contributed by atoms with van der Waals surface area (Å²) in [6.45, 7) is 0. The molecule has 1 N–H and O–H groups in total. The van der Waals surface area contributed by atoms with Crippen LogP contribution in [-0.2, 0) is 0 Å². The van der Waals surface area contributed by atoms with E-state index in [1.165, 1.54) is 0 Å². The molecule has 0 bridgehead atoms. The Hall–Kier alpha value is 1.51. The molecule has 0 aliphatic rings. The first-order valence-corrected chi connectivity index (χ1v) is 4.21. The third kappa shape index (κ3) is 4.71. The monoisotopic (exact) mass is 250 g/mol. The van der Waals surface area contributed by atoms with Crippen molar-refractivity contribution in [1.29, 1.82) is 0 Å². The van der Waals surface area contributed by atoms with E-state index in [0.717, 1.165) is 11.1 Å². The van der Waals surface area contributed by atoms with Gasteiger partial charge in [-0.2, -0.15) is 0 Å². The smallest absolute Gasteiger partial charge is 1.00 e. The van der Waals surface area contributed by atoms with Gasteiger partial charge < -0.3 is 7.96 Å². The molecular weight excluding hydrogens is 238 g/mol. The summed E-state index contributed by atoms with van der Waals surface area (Å²) in [4.78, 5) is 0. The molecule has 15 heavy (non-hydrogen) atoms. The molecule has 0 saturated heterocycles. The zero-order valence-corrected chi connectivity index (χ0v) is 15.4. The molecule has 0 spiro atoms. The molecule has 0 aliphatic heterocycles. The van der Waals surface area contributed by atoms with Crippen molar-refractivity contribution < 1.29 is 111 Å². The van der Waals surface area contributed by atoms with Crippen molar-refractivity contribution in [2.24, 2.45) is 0 Å². The van der Waals surface area contributed by atoms with Crippen LogP contribution in [0.2, 0.25) is 0 Å². The van der Waals surface area contributed by atoms with Crippen molar-refractivity contribution in [3.63, 3.8) is 0 Å². The zero-order chi connectivity index (χ0) is 9.10. The molecule has 1 nitrogen and oxygen atoms in total. The molecule has 2 rings (SSSR count). The van der Waals surface area contributed by atoms with Gasteiger partial charge in [0.25, 0.3) is 0 Å². The van der Waals surface area contributed by atoms with Crippen molar-refractivity contribution in [3.05, 3.63) is 54.6 Å². The van der Waals surface area contributed by atoms with Gasteiger partial charge in [-0.3, -0.25) is 0 Å². The summed E-state index contributed by atoms with van der Waals surface area (Å²) in [5.74, 6) is 0.328. The second kappa shape index (κ2) is 8.58. The Morgan fingerprint density at radius 3 is 1.87 bits per heavy atom. The van der Waals surface area contributed by atoms with Gasteiger partial charge in [0.1, 0.15) is 5.75 Å². The molecule has 0 radical (unpaired) electrons. The summed E-state index contributed by atoms with van der Waals surface area (Å²) < 4.78 is 0. The predicted molar refractivity (Wildman–Crippen MR) is 55.8 cm³/mol. The fourth-order valence-corrected chi connectivity index (χ4v) is 1.34. The third-order valence-corrected chi connectivity index (χ3v) is 1.99. The molecule has 0 unspecified atom stereocenters. The van der Waals surface area contributed by atoms with Gasteiger partial charge in [0, 0.05) is 5.56 Å². The van der Waals surface area contributed by atoms with Crippen LogP contribution in [0.25, 0.3) is 11.1 Å². The molecule has 0 heterocycles. The number of aromatic hydroxyl groups is 1. The molecule has 0 atom stereocenters. The molecule has 3 heteroatoms. The van der Waals surface area contributed by atoms with E-state index < -0.39 is 0 Å². The van der Waals surface area contributed by atoms with Crippen molar-refractivity contribution in [2.45, 2.75) is 0 Å². The number of phenols is 1. The van der Waals surface area contributed by atoms with Gasteiger partial charge in [0.05, 0.1) is 0 Å². The second-order valence-electron chi connectivity index (χ2n) is 2.88. The first-order valence-electron chi connectivity index (χ1n) is 4.21. The Morgan fingerprint density at radius 2 is 1.27 bits per heavy atom. The molecule has 0 aliphatic carbocycles. The van der Waals surface area contributed by atoms with Gasteiger partial charge in [-0.25, -0.2) is 0 Å². The van der Waals surface area contributed by atoms with Gasteiger partial charge >= 0.3 is 103 Å². The van der Waals surface area contributed by atoms with E-state index in [4.69, 9.17) is 0 Å². The first-order chi connectivity index (χ1) is 6.38. The van der Waals surface area contributed by atoms with Crippen LogP contribution in [0.15, 0.2) is 54.6 Å². The molecule has 0 saturated carbocycles. The first kappa shape index (κ1) is 16.5. The minimum absolute atomic E-state index is 0. The van der Waals surface area contributed by atoms with Gasteiger partial charge in [0.2, 0.25) is 0 Å². The number of para-hydroxylation sites is 1. The van der Waals surface area contributed by atoms with E-state index in [1.54, 1.807) is 6.07 Å². The van der Waals surface area contributed by atoms with Crippen LogP contribution in [0, 0.1) is 0 Å².